The van der Waals surface area contributed by atoms with Crippen molar-refractivity contribution in [3.05, 3.63) is 23.9 Å². The number of ketones is 1. The number of nitrogens with zero attached hydrogens (tertiary/aromatic N) is 2. The Morgan fingerprint density at radius 3 is 2.87 bits per heavy atom. The first-order valence-electron chi connectivity index (χ1n) is 4.59. The fraction of sp³-hybridized carbons (Fsp3) is 0.300. The first kappa shape index (κ1) is 9.79. The summed E-state index contributed by atoms with van der Waals surface area (Å²) in [5, 5.41) is 9.07. The van der Waals surface area contributed by atoms with Crippen LogP contribution in [0.4, 0.5) is 5.82 Å². The van der Waals surface area contributed by atoms with Gasteiger partial charge in [0.25, 0.3) is 0 Å². The van der Waals surface area contributed by atoms with Gasteiger partial charge in [-0.3, -0.25) is 14.5 Å². The molecule has 1 saturated heterocycles. The lowest BCUT2D eigenvalue weighted by atomic mass is 10.2. The van der Waals surface area contributed by atoms with Crippen LogP contribution in [0, 0.1) is 0 Å². The second-order valence-corrected chi connectivity index (χ2v) is 3.34. The van der Waals surface area contributed by atoms with E-state index in [0.717, 1.165) is 0 Å². The number of hydrogen-bond acceptors (Lipinski definition) is 4. The molecule has 0 saturated carbocycles. The lowest BCUT2D eigenvalue weighted by molar-refractivity contribution is -0.121. The number of carbonyl (C=O) groups is 2. The summed E-state index contributed by atoms with van der Waals surface area (Å²) in [6.07, 6.45) is 1.46. The third kappa shape index (κ3) is 1.73. The molecule has 1 aromatic heterocycles. The zero-order chi connectivity index (χ0) is 10.8. The zero-order valence-corrected chi connectivity index (χ0v) is 8.01. The van der Waals surface area contributed by atoms with E-state index >= 15 is 0 Å². The van der Waals surface area contributed by atoms with Gasteiger partial charge in [0.05, 0.1) is 19.6 Å². The van der Waals surface area contributed by atoms with Gasteiger partial charge in [0.15, 0.2) is 5.78 Å². The van der Waals surface area contributed by atoms with Crippen molar-refractivity contribution in [3.8, 4) is 0 Å². The van der Waals surface area contributed by atoms with Gasteiger partial charge in [-0.1, -0.05) is 6.07 Å². The molecule has 5 heteroatoms. The molecule has 15 heavy (non-hydrogen) atoms. The molecule has 0 bridgehead atoms. The van der Waals surface area contributed by atoms with Gasteiger partial charge in [0.1, 0.15) is 5.82 Å². The van der Waals surface area contributed by atoms with Crippen molar-refractivity contribution >= 4 is 17.5 Å². The molecule has 0 spiro atoms. The molecule has 1 aliphatic rings. The highest BCUT2D eigenvalue weighted by Crippen LogP contribution is 2.21. The molecule has 1 aromatic rings. The van der Waals surface area contributed by atoms with E-state index in [9.17, 15) is 9.59 Å². The minimum atomic E-state index is -0.256. The number of amides is 1. The lowest BCUT2D eigenvalue weighted by Crippen LogP contribution is -2.26. The fourth-order valence-electron chi connectivity index (χ4n) is 1.57. The quantitative estimate of drug-likeness (QED) is 0.685. The average molecular weight is 206 g/mol. The highest BCUT2D eigenvalue weighted by molar-refractivity contribution is 6.14. The Bertz CT molecular complexity index is 417. The molecule has 0 radical (unpaired) electrons. The molecule has 0 unspecified atom stereocenters. The fourth-order valence-corrected chi connectivity index (χ4v) is 1.57. The number of Topliss-reactive ketones (excluding diaryl/α,β-unsaturated/α-hetero) is 1. The summed E-state index contributed by atoms with van der Waals surface area (Å²) >= 11 is 0. The number of aromatic nitrogens is 1. The maximum Gasteiger partial charge on any atom is 0.236 e. The molecule has 1 amide bonds. The number of pyridine rings is 1. The maximum absolute atomic E-state index is 11.4. The van der Waals surface area contributed by atoms with Gasteiger partial charge >= 0.3 is 0 Å². The van der Waals surface area contributed by atoms with Crippen molar-refractivity contribution in [2.24, 2.45) is 0 Å². The largest absolute Gasteiger partial charge is 0.392 e. The first-order valence-corrected chi connectivity index (χ1v) is 4.59. The predicted octanol–water partition coefficient (Wildman–Crippen LogP) is -0.120. The van der Waals surface area contributed by atoms with Gasteiger partial charge in [-0.25, -0.2) is 4.98 Å². The highest BCUT2D eigenvalue weighted by Gasteiger charge is 2.30. The highest BCUT2D eigenvalue weighted by atomic mass is 16.3. The monoisotopic (exact) mass is 206 g/mol. The Morgan fingerprint density at radius 2 is 2.27 bits per heavy atom. The minimum absolute atomic E-state index is 0.0584. The molecule has 5 nitrogen and oxygen atoms in total. The van der Waals surface area contributed by atoms with E-state index in [1.54, 1.807) is 12.1 Å². The topological polar surface area (TPSA) is 70.5 Å². The van der Waals surface area contributed by atoms with Gasteiger partial charge in [0, 0.05) is 11.8 Å². The molecule has 2 rings (SSSR count). The third-order valence-electron chi connectivity index (χ3n) is 2.28. The minimum Gasteiger partial charge on any atom is -0.392 e. The Balaban J connectivity index is 2.37. The molecule has 1 N–H and O–H groups in total. The van der Waals surface area contributed by atoms with E-state index in [2.05, 4.69) is 4.98 Å². The van der Waals surface area contributed by atoms with E-state index < -0.39 is 0 Å². The molecular formula is C10H10N2O3. The normalized spacial score (nSPS) is 16.2. The van der Waals surface area contributed by atoms with Crippen LogP contribution in [0.5, 0.6) is 0 Å². The van der Waals surface area contributed by atoms with Gasteiger partial charge < -0.3 is 5.11 Å². The van der Waals surface area contributed by atoms with E-state index in [0.29, 0.717) is 11.4 Å². The molecule has 0 atom stereocenters. The lowest BCUT2D eigenvalue weighted by Gasteiger charge is -2.15. The van der Waals surface area contributed by atoms with Crippen molar-refractivity contribution in [3.63, 3.8) is 0 Å². The SMILES string of the molecule is O=C1CC(=O)N(c2ncccc2CO)C1. The van der Waals surface area contributed by atoms with Crippen LogP contribution in [-0.4, -0.2) is 28.3 Å². The first-order chi connectivity index (χ1) is 7.22. The number of carbonyl (C=O) groups excluding carboxylic acids is 2. The molecule has 0 aromatic carbocycles. The van der Waals surface area contributed by atoms with Gasteiger partial charge in [0.2, 0.25) is 5.91 Å². The number of aliphatic hydroxyl groups is 1. The smallest absolute Gasteiger partial charge is 0.236 e. The van der Waals surface area contributed by atoms with Crippen LogP contribution in [-0.2, 0) is 16.2 Å². The number of aliphatic hydroxyl groups excluding tert-OH is 1. The van der Waals surface area contributed by atoms with Crippen molar-refractivity contribution in [1.29, 1.82) is 0 Å². The molecule has 1 fully saturated rings. The predicted molar refractivity (Wildman–Crippen MR) is 52.1 cm³/mol. The van der Waals surface area contributed by atoms with Crippen LogP contribution in [0.2, 0.25) is 0 Å². The van der Waals surface area contributed by atoms with Crippen LogP contribution in [0.3, 0.4) is 0 Å². The van der Waals surface area contributed by atoms with E-state index in [1.807, 2.05) is 0 Å². The summed E-state index contributed by atoms with van der Waals surface area (Å²) in [6, 6.07) is 3.36. The standard InChI is InChI=1S/C10H10N2O3/c13-6-7-2-1-3-11-10(7)12-5-8(14)4-9(12)15/h1-3,13H,4-6H2. The number of hydrogen-bond donors (Lipinski definition) is 1. The molecule has 1 aliphatic heterocycles. The number of rotatable bonds is 2. The summed E-state index contributed by atoms with van der Waals surface area (Å²) in [4.78, 5) is 27.8. The van der Waals surface area contributed by atoms with Crippen LogP contribution in [0.15, 0.2) is 18.3 Å². The van der Waals surface area contributed by atoms with E-state index in [4.69, 9.17) is 5.11 Å². The van der Waals surface area contributed by atoms with Gasteiger partial charge in [-0.2, -0.15) is 0 Å². The van der Waals surface area contributed by atoms with Crippen molar-refractivity contribution in [2.45, 2.75) is 13.0 Å². The van der Waals surface area contributed by atoms with Crippen LogP contribution >= 0.6 is 0 Å². The summed E-state index contributed by atoms with van der Waals surface area (Å²) < 4.78 is 0. The van der Waals surface area contributed by atoms with Crippen molar-refractivity contribution in [1.82, 2.24) is 4.98 Å². The van der Waals surface area contributed by atoms with E-state index in [1.165, 1.54) is 11.1 Å². The third-order valence-corrected chi connectivity index (χ3v) is 2.28. The van der Waals surface area contributed by atoms with Crippen molar-refractivity contribution < 1.29 is 14.7 Å². The van der Waals surface area contributed by atoms with Crippen LogP contribution in [0.1, 0.15) is 12.0 Å². The molecule has 78 valence electrons. The van der Waals surface area contributed by atoms with Crippen LogP contribution in [0.25, 0.3) is 0 Å². The Hall–Kier alpha value is -1.75. The summed E-state index contributed by atoms with van der Waals surface area (Å²) in [5.74, 6) is 0.0128. The van der Waals surface area contributed by atoms with Gasteiger partial charge in [-0.15, -0.1) is 0 Å². The second kappa shape index (κ2) is 3.78. The average Bonchev–Trinajstić information content (AvgIpc) is 2.57. The Kier molecular flexibility index (Phi) is 2.47. The van der Waals surface area contributed by atoms with Crippen molar-refractivity contribution in [2.75, 3.05) is 11.4 Å². The summed E-state index contributed by atoms with van der Waals surface area (Å²) in [5.41, 5.74) is 0.556. The molecular weight excluding hydrogens is 196 g/mol. The molecule has 2 heterocycles. The molecule has 0 aliphatic carbocycles. The second-order valence-electron chi connectivity index (χ2n) is 3.34. The summed E-state index contributed by atoms with van der Waals surface area (Å²) in [7, 11) is 0. The van der Waals surface area contributed by atoms with Crippen LogP contribution < -0.4 is 4.90 Å². The van der Waals surface area contributed by atoms with Gasteiger partial charge in [-0.05, 0) is 6.07 Å². The maximum atomic E-state index is 11.4. The van der Waals surface area contributed by atoms with E-state index in [-0.39, 0.29) is 31.3 Å². The zero-order valence-electron chi connectivity index (χ0n) is 8.01. The summed E-state index contributed by atoms with van der Waals surface area (Å²) in [6.45, 7) is -0.135. The Morgan fingerprint density at radius 1 is 1.47 bits per heavy atom. The number of anilines is 1. The Labute approximate surface area is 86.3 Å².